The van der Waals surface area contributed by atoms with Crippen LogP contribution >= 0.6 is 43.2 Å². The van der Waals surface area contributed by atoms with Gasteiger partial charge in [0, 0.05) is 4.47 Å². The van der Waals surface area contributed by atoms with Gasteiger partial charge in [0.25, 0.3) is 0 Å². The first-order valence-electron chi connectivity index (χ1n) is 4.92. The minimum absolute atomic E-state index is 0.343. The van der Waals surface area contributed by atoms with Crippen LogP contribution < -0.4 is 0 Å². The van der Waals surface area contributed by atoms with Gasteiger partial charge in [-0.2, -0.15) is 0 Å². The SMILES string of the molecule is CCOC(=O)C1N=COC1c1cc(Br)c(Br)s1. The van der Waals surface area contributed by atoms with E-state index in [1.165, 1.54) is 17.7 Å². The number of rotatable bonds is 3. The zero-order valence-electron chi connectivity index (χ0n) is 8.85. The van der Waals surface area contributed by atoms with Crippen molar-refractivity contribution in [1.82, 2.24) is 0 Å². The summed E-state index contributed by atoms with van der Waals surface area (Å²) in [5, 5.41) is 0. The number of aliphatic imine (C=N–C) groups is 1. The smallest absolute Gasteiger partial charge is 0.335 e. The van der Waals surface area contributed by atoms with Crippen molar-refractivity contribution >= 4 is 55.6 Å². The second-order valence-corrected chi connectivity index (χ2v) is 6.53. The molecule has 1 aliphatic heterocycles. The summed E-state index contributed by atoms with van der Waals surface area (Å²) >= 11 is 8.32. The molecule has 7 heteroatoms. The van der Waals surface area contributed by atoms with E-state index >= 15 is 0 Å². The normalized spacial score (nSPS) is 22.5. The van der Waals surface area contributed by atoms with Crippen LogP contribution in [0.25, 0.3) is 0 Å². The maximum atomic E-state index is 11.7. The van der Waals surface area contributed by atoms with Crippen LogP contribution in [0.2, 0.25) is 0 Å². The fourth-order valence-electron chi connectivity index (χ4n) is 1.46. The molecular weight excluding hydrogens is 374 g/mol. The molecule has 2 atom stereocenters. The zero-order chi connectivity index (χ0) is 12.4. The average Bonchev–Trinajstić information content (AvgIpc) is 2.87. The Morgan fingerprint density at radius 3 is 3.00 bits per heavy atom. The van der Waals surface area contributed by atoms with Gasteiger partial charge in [-0.3, -0.25) is 0 Å². The van der Waals surface area contributed by atoms with Crippen LogP contribution in [-0.4, -0.2) is 25.0 Å². The Balaban J connectivity index is 2.18. The molecule has 17 heavy (non-hydrogen) atoms. The van der Waals surface area contributed by atoms with Crippen molar-refractivity contribution in [2.75, 3.05) is 6.61 Å². The molecule has 1 aliphatic rings. The van der Waals surface area contributed by atoms with Gasteiger partial charge >= 0.3 is 5.97 Å². The van der Waals surface area contributed by atoms with Crippen LogP contribution in [0.1, 0.15) is 17.9 Å². The van der Waals surface area contributed by atoms with Gasteiger partial charge in [-0.25, -0.2) is 9.79 Å². The molecule has 0 fully saturated rings. The molecule has 0 spiro atoms. The number of thiophene rings is 1. The van der Waals surface area contributed by atoms with Crippen molar-refractivity contribution < 1.29 is 14.3 Å². The van der Waals surface area contributed by atoms with Gasteiger partial charge in [0.2, 0.25) is 0 Å². The molecule has 0 N–H and O–H groups in total. The number of carbonyl (C=O) groups is 1. The third-order valence-electron chi connectivity index (χ3n) is 2.19. The van der Waals surface area contributed by atoms with E-state index in [4.69, 9.17) is 9.47 Å². The van der Waals surface area contributed by atoms with Gasteiger partial charge in [-0.15, -0.1) is 11.3 Å². The lowest BCUT2D eigenvalue weighted by Crippen LogP contribution is -2.25. The molecule has 0 saturated carbocycles. The molecule has 2 heterocycles. The van der Waals surface area contributed by atoms with Gasteiger partial charge in [0.05, 0.1) is 15.3 Å². The highest BCUT2D eigenvalue weighted by molar-refractivity contribution is 9.13. The first-order valence-corrected chi connectivity index (χ1v) is 7.32. The number of carbonyl (C=O) groups excluding carboxylic acids is 1. The number of halogens is 2. The minimum Gasteiger partial charge on any atom is -0.472 e. The van der Waals surface area contributed by atoms with Crippen LogP contribution in [0.3, 0.4) is 0 Å². The highest BCUT2D eigenvalue weighted by Crippen LogP contribution is 2.39. The molecule has 0 amide bonds. The molecule has 1 aromatic heterocycles. The lowest BCUT2D eigenvalue weighted by atomic mass is 10.1. The van der Waals surface area contributed by atoms with Crippen molar-refractivity contribution in [3.8, 4) is 0 Å². The van der Waals surface area contributed by atoms with Crippen LogP contribution in [0.15, 0.2) is 19.3 Å². The van der Waals surface area contributed by atoms with Gasteiger partial charge < -0.3 is 9.47 Å². The Labute approximate surface area is 119 Å². The van der Waals surface area contributed by atoms with E-state index in [0.717, 1.165) is 13.1 Å². The standard InChI is InChI=1S/C10H9Br2NO3S/c1-2-15-10(14)7-8(16-4-13-7)6-3-5(11)9(12)17-6/h3-4,7-8H,2H2,1H3. The van der Waals surface area contributed by atoms with Crippen LogP contribution in [0.4, 0.5) is 0 Å². The van der Waals surface area contributed by atoms with E-state index in [9.17, 15) is 4.79 Å². The molecule has 1 aromatic rings. The fraction of sp³-hybridized carbons (Fsp3) is 0.400. The topological polar surface area (TPSA) is 47.9 Å². The largest absolute Gasteiger partial charge is 0.472 e. The Hall–Kier alpha value is -0.400. The van der Waals surface area contributed by atoms with Gasteiger partial charge in [0.15, 0.2) is 18.5 Å². The molecule has 0 bridgehead atoms. The molecular formula is C10H9Br2NO3S. The van der Waals surface area contributed by atoms with Crippen LogP contribution in [0, 0.1) is 0 Å². The second kappa shape index (κ2) is 5.49. The summed E-state index contributed by atoms with van der Waals surface area (Å²) in [4.78, 5) is 16.6. The maximum Gasteiger partial charge on any atom is 0.335 e. The fourth-order valence-corrected chi connectivity index (χ4v) is 3.61. The number of hydrogen-bond donors (Lipinski definition) is 0. The molecule has 0 radical (unpaired) electrons. The highest BCUT2D eigenvalue weighted by atomic mass is 79.9. The summed E-state index contributed by atoms with van der Waals surface area (Å²) in [5.74, 6) is -0.355. The van der Waals surface area contributed by atoms with Gasteiger partial charge in [-0.05, 0) is 44.8 Å². The third-order valence-corrected chi connectivity index (χ3v) is 5.51. The van der Waals surface area contributed by atoms with E-state index in [0.29, 0.717) is 6.61 Å². The average molecular weight is 383 g/mol. The van der Waals surface area contributed by atoms with E-state index in [1.54, 1.807) is 6.92 Å². The molecule has 0 aliphatic carbocycles. The predicted octanol–water partition coefficient (Wildman–Crippen LogP) is 3.30. The summed E-state index contributed by atoms with van der Waals surface area (Å²) in [6, 6.07) is 1.31. The summed E-state index contributed by atoms with van der Waals surface area (Å²) in [6.07, 6.45) is 0.926. The first kappa shape index (κ1) is 13.0. The van der Waals surface area contributed by atoms with E-state index in [2.05, 4.69) is 36.9 Å². The highest BCUT2D eigenvalue weighted by Gasteiger charge is 2.36. The zero-order valence-corrected chi connectivity index (χ0v) is 12.8. The summed E-state index contributed by atoms with van der Waals surface area (Å²) in [5.41, 5.74) is 0. The Bertz CT molecular complexity index is 441. The van der Waals surface area contributed by atoms with Crippen molar-refractivity contribution in [2.45, 2.75) is 19.1 Å². The van der Waals surface area contributed by atoms with Crippen molar-refractivity contribution in [2.24, 2.45) is 4.99 Å². The third kappa shape index (κ3) is 2.71. The summed E-state index contributed by atoms with van der Waals surface area (Å²) in [6.45, 7) is 2.11. The monoisotopic (exact) mass is 381 g/mol. The predicted molar refractivity (Wildman–Crippen MR) is 72.5 cm³/mol. The molecule has 92 valence electrons. The lowest BCUT2D eigenvalue weighted by Gasteiger charge is -2.14. The maximum absolute atomic E-state index is 11.7. The first-order chi connectivity index (χ1) is 8.13. The molecule has 2 rings (SSSR count). The minimum atomic E-state index is -0.604. The number of ether oxygens (including phenoxy) is 2. The molecule has 0 aromatic carbocycles. The number of nitrogens with zero attached hydrogens (tertiary/aromatic N) is 1. The molecule has 2 unspecified atom stereocenters. The number of hydrogen-bond acceptors (Lipinski definition) is 5. The molecule has 0 saturated heterocycles. The van der Waals surface area contributed by atoms with E-state index in [-0.39, 0.29) is 12.1 Å². The van der Waals surface area contributed by atoms with Crippen molar-refractivity contribution in [1.29, 1.82) is 0 Å². The summed E-state index contributed by atoms with van der Waals surface area (Å²) < 4.78 is 12.2. The quantitative estimate of drug-likeness (QED) is 0.753. The Morgan fingerprint density at radius 2 is 2.41 bits per heavy atom. The lowest BCUT2D eigenvalue weighted by molar-refractivity contribution is -0.146. The van der Waals surface area contributed by atoms with E-state index in [1.807, 2.05) is 6.07 Å². The van der Waals surface area contributed by atoms with Gasteiger partial charge in [-0.1, -0.05) is 0 Å². The molecule has 4 nitrogen and oxygen atoms in total. The second-order valence-electron chi connectivity index (χ2n) is 3.28. The van der Waals surface area contributed by atoms with Crippen LogP contribution in [0.5, 0.6) is 0 Å². The number of esters is 1. The Kier molecular flexibility index (Phi) is 4.22. The van der Waals surface area contributed by atoms with Crippen molar-refractivity contribution in [3.05, 3.63) is 19.2 Å². The van der Waals surface area contributed by atoms with Crippen molar-refractivity contribution in [3.63, 3.8) is 0 Å². The Morgan fingerprint density at radius 1 is 1.65 bits per heavy atom. The van der Waals surface area contributed by atoms with E-state index < -0.39 is 6.04 Å². The summed E-state index contributed by atoms with van der Waals surface area (Å²) in [7, 11) is 0. The van der Waals surface area contributed by atoms with Gasteiger partial charge in [0.1, 0.15) is 0 Å². The van der Waals surface area contributed by atoms with Crippen LogP contribution in [-0.2, 0) is 14.3 Å².